The Morgan fingerprint density at radius 2 is 1.89 bits per heavy atom. The molecule has 1 saturated carbocycles. The summed E-state index contributed by atoms with van der Waals surface area (Å²) in [4.78, 5) is 4.95. The van der Waals surface area contributed by atoms with E-state index in [2.05, 4.69) is 41.0 Å². The van der Waals surface area contributed by atoms with Gasteiger partial charge >= 0.3 is 0 Å². The molecule has 104 valence electrons. The predicted molar refractivity (Wildman–Crippen MR) is 78.6 cm³/mol. The molecule has 1 N–H and O–H groups in total. The van der Waals surface area contributed by atoms with Crippen LogP contribution in [0.2, 0.25) is 0 Å². The zero-order valence-electron chi connectivity index (χ0n) is 11.8. The van der Waals surface area contributed by atoms with Gasteiger partial charge in [-0.1, -0.05) is 12.1 Å². The summed E-state index contributed by atoms with van der Waals surface area (Å²) < 4.78 is 0. The number of rotatable bonds is 2. The standard InChI is InChI=1S/C16H24N2O/c1-13-4-2-5-14(12-13)17-8-10-18(11-9-17)15-6-3-7-16(15)19/h2,4-5,12,15-16,19H,3,6-11H2,1H3/t15-,16-/m1/s1. The second kappa shape index (κ2) is 5.51. The van der Waals surface area contributed by atoms with Gasteiger partial charge in [0.2, 0.25) is 0 Å². The Hall–Kier alpha value is -1.06. The lowest BCUT2D eigenvalue weighted by Gasteiger charge is -2.40. The van der Waals surface area contributed by atoms with Crippen LogP contribution >= 0.6 is 0 Å². The maximum atomic E-state index is 10.0. The SMILES string of the molecule is Cc1cccc(N2CCN([C@@H]3CCC[C@H]3O)CC2)c1. The smallest absolute Gasteiger partial charge is 0.0695 e. The molecule has 1 heterocycles. The lowest BCUT2D eigenvalue weighted by Crippen LogP contribution is -2.52. The molecule has 1 aliphatic carbocycles. The lowest BCUT2D eigenvalue weighted by atomic mass is 10.1. The Bertz CT molecular complexity index is 427. The number of aryl methyl sites for hydroxylation is 1. The van der Waals surface area contributed by atoms with E-state index in [1.54, 1.807) is 0 Å². The Labute approximate surface area is 115 Å². The summed E-state index contributed by atoms with van der Waals surface area (Å²) in [5.74, 6) is 0. The maximum absolute atomic E-state index is 10.0. The van der Waals surface area contributed by atoms with Crippen LogP contribution in [0.1, 0.15) is 24.8 Å². The fourth-order valence-corrected chi connectivity index (χ4v) is 3.48. The number of anilines is 1. The predicted octanol–water partition coefficient (Wildman–Crippen LogP) is 2.03. The van der Waals surface area contributed by atoms with Crippen molar-refractivity contribution in [2.45, 2.75) is 38.3 Å². The summed E-state index contributed by atoms with van der Waals surface area (Å²) >= 11 is 0. The minimum atomic E-state index is -0.0921. The maximum Gasteiger partial charge on any atom is 0.0695 e. The van der Waals surface area contributed by atoms with Gasteiger partial charge in [0.1, 0.15) is 0 Å². The summed E-state index contributed by atoms with van der Waals surface area (Å²) in [6.07, 6.45) is 3.25. The number of hydrogen-bond donors (Lipinski definition) is 1. The zero-order chi connectivity index (χ0) is 13.2. The van der Waals surface area contributed by atoms with E-state index in [0.29, 0.717) is 6.04 Å². The molecule has 2 atom stereocenters. The van der Waals surface area contributed by atoms with E-state index in [4.69, 9.17) is 0 Å². The number of hydrogen-bond acceptors (Lipinski definition) is 3. The average molecular weight is 260 g/mol. The molecule has 0 amide bonds. The van der Waals surface area contributed by atoms with Crippen molar-refractivity contribution in [3.05, 3.63) is 29.8 Å². The van der Waals surface area contributed by atoms with Crippen LogP contribution in [0.4, 0.5) is 5.69 Å². The molecule has 0 unspecified atom stereocenters. The molecule has 3 rings (SSSR count). The molecular formula is C16H24N2O. The first-order valence-electron chi connectivity index (χ1n) is 7.48. The first-order valence-corrected chi connectivity index (χ1v) is 7.48. The van der Waals surface area contributed by atoms with Crippen molar-refractivity contribution in [3.63, 3.8) is 0 Å². The molecule has 0 radical (unpaired) electrons. The highest BCUT2D eigenvalue weighted by molar-refractivity contribution is 5.48. The summed E-state index contributed by atoms with van der Waals surface area (Å²) in [7, 11) is 0. The second-order valence-corrected chi connectivity index (χ2v) is 5.93. The number of nitrogens with zero attached hydrogens (tertiary/aromatic N) is 2. The van der Waals surface area contributed by atoms with E-state index >= 15 is 0 Å². The first kappa shape index (κ1) is 12.9. The van der Waals surface area contributed by atoms with Crippen molar-refractivity contribution in [3.8, 4) is 0 Å². The van der Waals surface area contributed by atoms with Crippen molar-refractivity contribution in [2.75, 3.05) is 31.1 Å². The monoisotopic (exact) mass is 260 g/mol. The Morgan fingerprint density at radius 1 is 1.11 bits per heavy atom. The van der Waals surface area contributed by atoms with Crippen molar-refractivity contribution >= 4 is 5.69 Å². The van der Waals surface area contributed by atoms with Gasteiger partial charge in [-0.05, 0) is 43.9 Å². The molecule has 1 aliphatic heterocycles. The topological polar surface area (TPSA) is 26.7 Å². The van der Waals surface area contributed by atoms with Crippen LogP contribution in [0.3, 0.4) is 0 Å². The van der Waals surface area contributed by atoms with Crippen molar-refractivity contribution < 1.29 is 5.11 Å². The zero-order valence-corrected chi connectivity index (χ0v) is 11.8. The van der Waals surface area contributed by atoms with Crippen molar-refractivity contribution in [1.29, 1.82) is 0 Å². The van der Waals surface area contributed by atoms with Crippen LogP contribution in [0.5, 0.6) is 0 Å². The largest absolute Gasteiger partial charge is 0.391 e. The van der Waals surface area contributed by atoms with E-state index < -0.39 is 0 Å². The molecule has 3 heteroatoms. The van der Waals surface area contributed by atoms with E-state index in [1.165, 1.54) is 24.1 Å². The molecule has 0 spiro atoms. The fourth-order valence-electron chi connectivity index (χ4n) is 3.48. The van der Waals surface area contributed by atoms with Crippen LogP contribution < -0.4 is 4.90 Å². The van der Waals surface area contributed by atoms with Crippen LogP contribution in [0, 0.1) is 6.92 Å². The molecule has 19 heavy (non-hydrogen) atoms. The number of benzene rings is 1. The number of aliphatic hydroxyl groups is 1. The van der Waals surface area contributed by atoms with Crippen molar-refractivity contribution in [2.24, 2.45) is 0 Å². The highest BCUT2D eigenvalue weighted by atomic mass is 16.3. The van der Waals surface area contributed by atoms with Gasteiger partial charge in [-0.3, -0.25) is 4.90 Å². The van der Waals surface area contributed by atoms with Crippen LogP contribution in [0.15, 0.2) is 24.3 Å². The molecule has 0 bridgehead atoms. The minimum absolute atomic E-state index is 0.0921. The normalized spacial score (nSPS) is 28.8. The van der Waals surface area contributed by atoms with E-state index in [1.807, 2.05) is 0 Å². The third-order valence-corrected chi connectivity index (χ3v) is 4.59. The molecule has 3 nitrogen and oxygen atoms in total. The molecule has 2 aliphatic rings. The Balaban J connectivity index is 1.60. The molecule has 0 aromatic heterocycles. The van der Waals surface area contributed by atoms with E-state index in [0.717, 1.165) is 32.6 Å². The van der Waals surface area contributed by atoms with Gasteiger partial charge in [-0.15, -0.1) is 0 Å². The van der Waals surface area contributed by atoms with Crippen LogP contribution in [-0.4, -0.2) is 48.3 Å². The summed E-state index contributed by atoms with van der Waals surface area (Å²) in [6.45, 7) is 6.46. The minimum Gasteiger partial charge on any atom is -0.391 e. The van der Waals surface area contributed by atoms with E-state index in [9.17, 15) is 5.11 Å². The van der Waals surface area contributed by atoms with E-state index in [-0.39, 0.29) is 6.10 Å². The quantitative estimate of drug-likeness (QED) is 0.881. The fraction of sp³-hybridized carbons (Fsp3) is 0.625. The average Bonchev–Trinajstić information content (AvgIpc) is 2.85. The first-order chi connectivity index (χ1) is 9.24. The second-order valence-electron chi connectivity index (χ2n) is 5.93. The lowest BCUT2D eigenvalue weighted by molar-refractivity contribution is 0.0671. The summed E-state index contributed by atoms with van der Waals surface area (Å²) in [5.41, 5.74) is 2.66. The highest BCUT2D eigenvalue weighted by Crippen LogP contribution is 2.26. The van der Waals surface area contributed by atoms with Gasteiger partial charge in [0.15, 0.2) is 0 Å². The Kier molecular flexibility index (Phi) is 3.76. The van der Waals surface area contributed by atoms with Gasteiger partial charge in [0, 0.05) is 37.9 Å². The highest BCUT2D eigenvalue weighted by Gasteiger charge is 2.32. The molecule has 1 aromatic rings. The molecule has 2 fully saturated rings. The summed E-state index contributed by atoms with van der Waals surface area (Å²) in [6, 6.07) is 9.17. The van der Waals surface area contributed by atoms with Crippen LogP contribution in [0.25, 0.3) is 0 Å². The van der Waals surface area contributed by atoms with Crippen molar-refractivity contribution in [1.82, 2.24) is 4.90 Å². The van der Waals surface area contributed by atoms with Gasteiger partial charge in [-0.2, -0.15) is 0 Å². The molecule has 1 aromatic carbocycles. The number of aliphatic hydroxyl groups excluding tert-OH is 1. The Morgan fingerprint density at radius 3 is 2.53 bits per heavy atom. The molecule has 1 saturated heterocycles. The van der Waals surface area contributed by atoms with Gasteiger partial charge < -0.3 is 10.0 Å². The third kappa shape index (κ3) is 2.77. The molecular weight excluding hydrogens is 236 g/mol. The number of piperazine rings is 1. The van der Waals surface area contributed by atoms with Crippen LogP contribution in [-0.2, 0) is 0 Å². The summed E-state index contributed by atoms with van der Waals surface area (Å²) in [5, 5.41) is 10.0. The van der Waals surface area contributed by atoms with Gasteiger partial charge in [-0.25, -0.2) is 0 Å². The third-order valence-electron chi connectivity index (χ3n) is 4.59. The van der Waals surface area contributed by atoms with Gasteiger partial charge in [0.25, 0.3) is 0 Å². The van der Waals surface area contributed by atoms with Gasteiger partial charge in [0.05, 0.1) is 6.10 Å².